The van der Waals surface area contributed by atoms with Gasteiger partial charge in [0, 0.05) is 11.6 Å². The van der Waals surface area contributed by atoms with E-state index in [1.807, 2.05) is 13.8 Å². The molecular weight excluding hydrogens is 457 g/mol. The molecule has 0 aliphatic heterocycles. The van der Waals surface area contributed by atoms with Crippen LogP contribution in [0.3, 0.4) is 0 Å². The fourth-order valence-corrected chi connectivity index (χ4v) is 4.24. The minimum Gasteiger partial charge on any atom is -0.477 e. The molecule has 1 atom stereocenters. The van der Waals surface area contributed by atoms with Gasteiger partial charge in [0.1, 0.15) is 11.4 Å². The highest BCUT2D eigenvalue weighted by molar-refractivity contribution is 9.10. The normalized spacial score (nSPS) is 13.9. The molecule has 5 nitrogen and oxygen atoms in total. The van der Waals surface area contributed by atoms with Gasteiger partial charge in [-0.1, -0.05) is 34.6 Å². The number of hydrogen-bond acceptors (Lipinski definition) is 3. The van der Waals surface area contributed by atoms with Crippen LogP contribution in [0.2, 0.25) is 18.1 Å². The van der Waals surface area contributed by atoms with Gasteiger partial charge >= 0.3 is 5.97 Å². The van der Waals surface area contributed by atoms with Gasteiger partial charge in [-0.05, 0) is 52.1 Å². The third-order valence-electron chi connectivity index (χ3n) is 5.85. The number of pyridine rings is 1. The number of hydrogen-bond donors (Lipinski definition) is 1. The SMILES string of the molecule is CC(C)[C@@H](CO[Si](C)(C)C(C)(C)C)n1cc(C(=O)O)c(=O)c2cc(Br)c(F)cc21. The Morgan fingerprint density at radius 1 is 1.31 bits per heavy atom. The fourth-order valence-electron chi connectivity index (χ4n) is 2.88. The lowest BCUT2D eigenvalue weighted by Gasteiger charge is -2.38. The summed E-state index contributed by atoms with van der Waals surface area (Å²) in [5, 5.41) is 9.72. The first-order valence-corrected chi connectivity index (χ1v) is 13.3. The number of nitrogens with zero attached hydrogens (tertiary/aromatic N) is 1. The van der Waals surface area contributed by atoms with Crippen molar-refractivity contribution in [3.8, 4) is 0 Å². The number of carboxylic acid groups (broad SMARTS) is 1. The average Bonchev–Trinajstić information content (AvgIpc) is 2.56. The van der Waals surface area contributed by atoms with Crippen LogP contribution in [-0.4, -0.2) is 30.6 Å². The van der Waals surface area contributed by atoms with Gasteiger partial charge in [0.05, 0.1) is 22.6 Å². The molecule has 2 rings (SSSR count). The maximum Gasteiger partial charge on any atom is 0.341 e. The molecule has 0 aliphatic carbocycles. The van der Waals surface area contributed by atoms with Crippen molar-refractivity contribution in [2.24, 2.45) is 5.92 Å². The monoisotopic (exact) mass is 485 g/mol. The maximum atomic E-state index is 14.3. The Morgan fingerprint density at radius 2 is 1.90 bits per heavy atom. The second kappa shape index (κ2) is 8.32. The summed E-state index contributed by atoms with van der Waals surface area (Å²) in [4.78, 5) is 24.4. The molecule has 0 aliphatic rings. The highest BCUT2D eigenvalue weighted by Crippen LogP contribution is 2.38. The molecule has 0 radical (unpaired) electrons. The van der Waals surface area contributed by atoms with E-state index in [-0.39, 0.29) is 32.4 Å². The molecule has 8 heteroatoms. The van der Waals surface area contributed by atoms with Gasteiger partial charge in [-0.3, -0.25) is 4.79 Å². The molecule has 1 aromatic carbocycles. The van der Waals surface area contributed by atoms with Crippen molar-refractivity contribution >= 4 is 41.1 Å². The van der Waals surface area contributed by atoms with Crippen LogP contribution in [0.15, 0.2) is 27.6 Å². The van der Waals surface area contributed by atoms with E-state index < -0.39 is 25.5 Å². The van der Waals surface area contributed by atoms with Crippen molar-refractivity contribution < 1.29 is 18.7 Å². The second-order valence-corrected chi connectivity index (χ2v) is 14.9. The van der Waals surface area contributed by atoms with Crippen LogP contribution in [0, 0.1) is 11.7 Å². The number of carboxylic acids is 1. The lowest BCUT2D eigenvalue weighted by atomic mass is 10.0. The molecule has 1 N–H and O–H groups in total. The number of benzene rings is 1. The number of rotatable bonds is 6. The van der Waals surface area contributed by atoms with Gasteiger partial charge < -0.3 is 14.1 Å². The molecule has 160 valence electrons. The Morgan fingerprint density at radius 3 is 2.38 bits per heavy atom. The van der Waals surface area contributed by atoms with Crippen molar-refractivity contribution in [2.45, 2.75) is 58.8 Å². The Bertz CT molecular complexity index is 995. The van der Waals surface area contributed by atoms with Crippen LogP contribution >= 0.6 is 15.9 Å². The largest absolute Gasteiger partial charge is 0.477 e. The van der Waals surface area contributed by atoms with Crippen molar-refractivity contribution in [1.29, 1.82) is 0 Å². The van der Waals surface area contributed by atoms with Crippen LogP contribution in [-0.2, 0) is 4.43 Å². The molecule has 1 aromatic heterocycles. The number of fused-ring (bicyclic) bond motifs is 1. The summed E-state index contributed by atoms with van der Waals surface area (Å²) in [5.41, 5.74) is -0.607. The summed E-state index contributed by atoms with van der Waals surface area (Å²) in [6.07, 6.45) is 1.32. The molecule has 0 spiro atoms. The molecular formula is C21H29BrFNO4Si. The van der Waals surface area contributed by atoms with Gasteiger partial charge in [0.25, 0.3) is 0 Å². The molecule has 0 fully saturated rings. The third-order valence-corrected chi connectivity index (χ3v) is 11.0. The third kappa shape index (κ3) is 4.81. The highest BCUT2D eigenvalue weighted by Gasteiger charge is 2.38. The summed E-state index contributed by atoms with van der Waals surface area (Å²) in [5.74, 6) is -1.75. The number of carbonyl (C=O) groups is 1. The molecule has 0 saturated heterocycles. The Hall–Kier alpha value is -1.51. The first-order valence-electron chi connectivity index (χ1n) is 9.58. The lowest BCUT2D eigenvalue weighted by molar-refractivity contribution is 0.0694. The van der Waals surface area contributed by atoms with E-state index in [9.17, 15) is 19.1 Å². The van der Waals surface area contributed by atoms with Gasteiger partial charge in [0.15, 0.2) is 8.32 Å². The first-order chi connectivity index (χ1) is 13.2. The predicted octanol–water partition coefficient (Wildman–Crippen LogP) is 5.82. The van der Waals surface area contributed by atoms with Crippen molar-refractivity contribution in [3.05, 3.63) is 44.4 Å². The predicted molar refractivity (Wildman–Crippen MR) is 120 cm³/mol. The van der Waals surface area contributed by atoms with Crippen LogP contribution in [0.4, 0.5) is 4.39 Å². The van der Waals surface area contributed by atoms with E-state index in [0.717, 1.165) is 0 Å². The summed E-state index contributed by atoms with van der Waals surface area (Å²) in [7, 11) is -2.05. The van der Waals surface area contributed by atoms with Gasteiger partial charge in [-0.15, -0.1) is 0 Å². The zero-order valence-electron chi connectivity index (χ0n) is 18.0. The average molecular weight is 486 g/mol. The van der Waals surface area contributed by atoms with Crippen molar-refractivity contribution in [2.75, 3.05) is 6.61 Å². The zero-order valence-corrected chi connectivity index (χ0v) is 20.6. The van der Waals surface area contributed by atoms with Gasteiger partial charge in [-0.25, -0.2) is 9.18 Å². The van der Waals surface area contributed by atoms with Crippen LogP contribution in [0.1, 0.15) is 51.0 Å². The van der Waals surface area contributed by atoms with E-state index in [1.54, 1.807) is 4.57 Å². The molecule has 0 saturated carbocycles. The molecule has 0 bridgehead atoms. The van der Waals surface area contributed by atoms with Crippen molar-refractivity contribution in [1.82, 2.24) is 4.57 Å². The minimum absolute atomic E-state index is 0.0172. The van der Waals surface area contributed by atoms with Crippen LogP contribution < -0.4 is 5.43 Å². The van der Waals surface area contributed by atoms with E-state index in [1.165, 1.54) is 18.3 Å². The zero-order chi connectivity index (χ0) is 22.3. The summed E-state index contributed by atoms with van der Waals surface area (Å²) in [6, 6.07) is 2.36. The molecule has 0 amide bonds. The Labute approximate surface area is 180 Å². The smallest absolute Gasteiger partial charge is 0.341 e. The number of aromatic nitrogens is 1. The topological polar surface area (TPSA) is 68.5 Å². The molecule has 2 aromatic rings. The summed E-state index contributed by atoms with van der Waals surface area (Å²) >= 11 is 3.09. The van der Waals surface area contributed by atoms with Crippen molar-refractivity contribution in [3.63, 3.8) is 0 Å². The second-order valence-electron chi connectivity index (χ2n) is 9.25. The standard InChI is InChI=1S/C21H29BrFNO4Si/c1-12(2)18(11-28-29(6,7)21(3,4)5)24-10-14(20(26)27)19(25)13-8-15(22)16(23)9-17(13)24/h8-10,12,18H,11H2,1-7H3,(H,26,27)/t18-/m1/s1. The van der Waals surface area contributed by atoms with E-state index >= 15 is 0 Å². The fraction of sp³-hybridized carbons (Fsp3) is 0.524. The Kier molecular flexibility index (Phi) is 6.81. The van der Waals surface area contributed by atoms with E-state index in [2.05, 4.69) is 49.8 Å². The highest BCUT2D eigenvalue weighted by atomic mass is 79.9. The van der Waals surface area contributed by atoms with E-state index in [4.69, 9.17) is 4.43 Å². The summed E-state index contributed by atoms with van der Waals surface area (Å²) < 4.78 is 22.5. The molecule has 0 unspecified atom stereocenters. The van der Waals surface area contributed by atoms with Crippen LogP contribution in [0.5, 0.6) is 0 Å². The number of aromatic carboxylic acids is 1. The maximum absolute atomic E-state index is 14.3. The quantitative estimate of drug-likeness (QED) is 0.523. The van der Waals surface area contributed by atoms with Gasteiger partial charge in [0.2, 0.25) is 5.43 Å². The Balaban J connectivity index is 2.69. The first kappa shape index (κ1) is 23.8. The molecule has 29 heavy (non-hydrogen) atoms. The van der Waals surface area contributed by atoms with Crippen LogP contribution in [0.25, 0.3) is 10.9 Å². The van der Waals surface area contributed by atoms with Gasteiger partial charge in [-0.2, -0.15) is 0 Å². The summed E-state index contributed by atoms with van der Waals surface area (Å²) in [6.45, 7) is 15.1. The minimum atomic E-state index is -2.05. The number of halogens is 2. The molecule has 1 heterocycles. The lowest BCUT2D eigenvalue weighted by Crippen LogP contribution is -2.42. The van der Waals surface area contributed by atoms with E-state index in [0.29, 0.717) is 12.1 Å².